The molecule has 0 unspecified atom stereocenters. The molecule has 0 bridgehead atoms. The minimum atomic E-state index is -0.967. The third-order valence-electron chi connectivity index (χ3n) is 5.37. The molecule has 1 fully saturated rings. The monoisotopic (exact) mass is 416 g/mol. The molecule has 1 aromatic heterocycles. The molecule has 1 N–H and O–H groups in total. The van der Waals surface area contributed by atoms with Crippen LogP contribution in [0.1, 0.15) is 39.2 Å². The Bertz CT molecular complexity index is 896. The van der Waals surface area contributed by atoms with E-state index in [9.17, 15) is 14.0 Å². The lowest BCUT2D eigenvalue weighted by Crippen LogP contribution is -2.40. The Labute approximate surface area is 176 Å². The van der Waals surface area contributed by atoms with Crippen LogP contribution in [0.2, 0.25) is 0 Å². The molecule has 2 heterocycles. The minimum Gasteiger partial charge on any atom is -0.464 e. The third-order valence-corrected chi connectivity index (χ3v) is 5.37. The second kappa shape index (κ2) is 9.38. The lowest BCUT2D eigenvalue weighted by molar-refractivity contribution is -0.152. The number of likely N-dealkylation sites (tertiary alicyclic amines) is 1. The maximum Gasteiger partial charge on any atom is 0.333 e. The van der Waals surface area contributed by atoms with Crippen LogP contribution in [0.3, 0.4) is 0 Å². The summed E-state index contributed by atoms with van der Waals surface area (Å²) in [6.45, 7) is 7.60. The number of nitrogens with one attached hydrogen (secondary N) is 1. The van der Waals surface area contributed by atoms with Gasteiger partial charge < -0.3 is 10.1 Å². The van der Waals surface area contributed by atoms with Crippen molar-refractivity contribution in [1.82, 2.24) is 14.7 Å². The van der Waals surface area contributed by atoms with Crippen LogP contribution < -0.4 is 5.32 Å². The number of hydrogen-bond acceptors (Lipinski definition) is 5. The highest BCUT2D eigenvalue weighted by atomic mass is 19.1. The predicted octanol–water partition coefficient (Wildman–Crippen LogP) is 3.17. The number of aromatic nitrogens is 2. The highest BCUT2D eigenvalue weighted by Crippen LogP contribution is 2.22. The number of rotatable bonds is 7. The molecule has 0 aliphatic carbocycles. The van der Waals surface area contributed by atoms with Gasteiger partial charge in [-0.2, -0.15) is 5.10 Å². The molecule has 3 rings (SSSR count). The third kappa shape index (κ3) is 5.24. The second-order valence-corrected chi connectivity index (χ2v) is 8.15. The second-order valence-electron chi connectivity index (χ2n) is 8.15. The number of halogens is 1. The standard InChI is InChI=1S/C22H29FN4O3/c1-4-30-21(29)22(2,3)27-15-19(12-24-27)25-20(28)17-8-6-10-26(14-17)13-16-7-5-9-18(23)11-16/h5,7,9,11-12,15,17H,4,6,8,10,13-14H2,1-3H3,(H,25,28)/t17-/m1/s1. The van der Waals surface area contributed by atoms with Gasteiger partial charge in [0.2, 0.25) is 5.91 Å². The van der Waals surface area contributed by atoms with Gasteiger partial charge in [-0.3, -0.25) is 14.4 Å². The van der Waals surface area contributed by atoms with Gasteiger partial charge in [-0.1, -0.05) is 12.1 Å². The van der Waals surface area contributed by atoms with Gasteiger partial charge >= 0.3 is 5.97 Å². The number of hydrogen-bond donors (Lipinski definition) is 1. The molecular formula is C22H29FN4O3. The van der Waals surface area contributed by atoms with Gasteiger partial charge in [0.05, 0.1) is 24.4 Å². The molecule has 1 atom stereocenters. The van der Waals surface area contributed by atoms with Crippen LogP contribution in [0.4, 0.5) is 10.1 Å². The number of carbonyl (C=O) groups is 2. The number of nitrogens with zero attached hydrogens (tertiary/aromatic N) is 3. The SMILES string of the molecule is CCOC(=O)C(C)(C)n1cc(NC(=O)[C@@H]2CCCN(Cc3cccc(F)c3)C2)cn1. The highest BCUT2D eigenvalue weighted by molar-refractivity contribution is 5.92. The van der Waals surface area contributed by atoms with Gasteiger partial charge in [-0.15, -0.1) is 0 Å². The van der Waals surface area contributed by atoms with E-state index in [0.717, 1.165) is 24.9 Å². The van der Waals surface area contributed by atoms with Gasteiger partial charge in [0.15, 0.2) is 5.54 Å². The number of carbonyl (C=O) groups excluding carboxylic acids is 2. The Morgan fingerprint density at radius 3 is 2.90 bits per heavy atom. The largest absolute Gasteiger partial charge is 0.464 e. The zero-order chi connectivity index (χ0) is 21.7. The van der Waals surface area contributed by atoms with E-state index in [4.69, 9.17) is 4.74 Å². The van der Waals surface area contributed by atoms with Crippen LogP contribution in [-0.2, 0) is 26.4 Å². The predicted molar refractivity (Wildman–Crippen MR) is 111 cm³/mol. The molecular weight excluding hydrogens is 387 g/mol. The average molecular weight is 416 g/mol. The summed E-state index contributed by atoms with van der Waals surface area (Å²) in [7, 11) is 0. The first kappa shape index (κ1) is 22.0. The summed E-state index contributed by atoms with van der Waals surface area (Å²) in [6.07, 6.45) is 4.88. The van der Waals surface area contributed by atoms with Crippen LogP contribution in [0.15, 0.2) is 36.7 Å². The van der Waals surface area contributed by atoms with E-state index in [0.29, 0.717) is 25.4 Å². The quantitative estimate of drug-likeness (QED) is 0.702. The molecule has 1 aliphatic rings. The molecule has 0 saturated carbocycles. The van der Waals surface area contributed by atoms with Gasteiger partial charge in [-0.05, 0) is 57.9 Å². The Balaban J connectivity index is 1.59. The molecule has 1 amide bonds. The number of ether oxygens (including phenoxy) is 1. The Hall–Kier alpha value is -2.74. The molecule has 162 valence electrons. The zero-order valence-corrected chi connectivity index (χ0v) is 17.7. The first-order valence-corrected chi connectivity index (χ1v) is 10.3. The van der Waals surface area contributed by atoms with Crippen LogP contribution in [-0.4, -0.2) is 46.3 Å². The molecule has 1 saturated heterocycles. The Kier molecular flexibility index (Phi) is 6.87. The first-order chi connectivity index (χ1) is 14.3. The Morgan fingerprint density at radius 1 is 1.37 bits per heavy atom. The van der Waals surface area contributed by atoms with Crippen molar-refractivity contribution < 1.29 is 18.7 Å². The average Bonchev–Trinajstić information content (AvgIpc) is 3.18. The van der Waals surface area contributed by atoms with E-state index < -0.39 is 5.54 Å². The summed E-state index contributed by atoms with van der Waals surface area (Å²) >= 11 is 0. The maximum atomic E-state index is 13.4. The van der Waals surface area contributed by atoms with Crippen LogP contribution >= 0.6 is 0 Å². The Morgan fingerprint density at radius 2 is 2.17 bits per heavy atom. The summed E-state index contributed by atoms with van der Waals surface area (Å²) in [4.78, 5) is 27.1. The van der Waals surface area contributed by atoms with Crippen molar-refractivity contribution in [2.24, 2.45) is 5.92 Å². The van der Waals surface area contributed by atoms with Gasteiger partial charge in [0.1, 0.15) is 5.82 Å². The molecule has 8 heteroatoms. The summed E-state index contributed by atoms with van der Waals surface area (Å²) in [5.74, 6) is -0.867. The number of amides is 1. The zero-order valence-electron chi connectivity index (χ0n) is 17.7. The summed E-state index contributed by atoms with van der Waals surface area (Å²) < 4.78 is 20.0. The molecule has 30 heavy (non-hydrogen) atoms. The van der Waals surface area contributed by atoms with Crippen molar-refractivity contribution in [3.8, 4) is 0 Å². The summed E-state index contributed by atoms with van der Waals surface area (Å²) in [5, 5.41) is 7.13. The van der Waals surface area contributed by atoms with Crippen LogP contribution in [0, 0.1) is 11.7 Å². The number of anilines is 1. The van der Waals surface area contributed by atoms with Crippen molar-refractivity contribution in [3.63, 3.8) is 0 Å². The van der Waals surface area contributed by atoms with Crippen molar-refractivity contribution in [3.05, 3.63) is 48.0 Å². The normalized spacial score (nSPS) is 17.5. The van der Waals surface area contributed by atoms with E-state index in [1.165, 1.54) is 23.0 Å². The maximum absolute atomic E-state index is 13.4. The number of benzene rings is 1. The van der Waals surface area contributed by atoms with E-state index in [1.807, 2.05) is 6.07 Å². The van der Waals surface area contributed by atoms with Crippen molar-refractivity contribution in [2.75, 3.05) is 25.0 Å². The minimum absolute atomic E-state index is 0.0765. The van der Waals surface area contributed by atoms with Gasteiger partial charge in [-0.25, -0.2) is 9.18 Å². The van der Waals surface area contributed by atoms with Crippen LogP contribution in [0.25, 0.3) is 0 Å². The molecule has 0 radical (unpaired) electrons. The number of esters is 1. The van der Waals surface area contributed by atoms with Gasteiger partial charge in [0, 0.05) is 19.3 Å². The molecule has 1 aromatic carbocycles. The summed E-state index contributed by atoms with van der Waals surface area (Å²) in [5.41, 5.74) is 0.476. The molecule has 7 nitrogen and oxygen atoms in total. The van der Waals surface area contributed by atoms with E-state index >= 15 is 0 Å². The van der Waals surface area contributed by atoms with Crippen LogP contribution in [0.5, 0.6) is 0 Å². The van der Waals surface area contributed by atoms with E-state index in [-0.39, 0.29) is 23.6 Å². The highest BCUT2D eigenvalue weighted by Gasteiger charge is 2.33. The molecule has 1 aliphatic heterocycles. The van der Waals surface area contributed by atoms with Crippen molar-refractivity contribution in [2.45, 2.75) is 45.7 Å². The smallest absolute Gasteiger partial charge is 0.333 e. The molecule has 2 aromatic rings. The lowest BCUT2D eigenvalue weighted by Gasteiger charge is -2.32. The fraction of sp³-hybridized carbons (Fsp3) is 0.500. The van der Waals surface area contributed by atoms with Crippen molar-refractivity contribution in [1.29, 1.82) is 0 Å². The summed E-state index contributed by atoms with van der Waals surface area (Å²) in [6, 6.07) is 6.56. The van der Waals surface area contributed by atoms with E-state index in [1.54, 1.807) is 33.0 Å². The first-order valence-electron chi connectivity index (χ1n) is 10.3. The number of piperidine rings is 1. The lowest BCUT2D eigenvalue weighted by atomic mass is 9.96. The topological polar surface area (TPSA) is 76.5 Å². The fourth-order valence-electron chi connectivity index (χ4n) is 3.65. The van der Waals surface area contributed by atoms with E-state index in [2.05, 4.69) is 15.3 Å². The molecule has 0 spiro atoms. The fourth-order valence-corrected chi connectivity index (χ4v) is 3.65. The van der Waals surface area contributed by atoms with Crippen molar-refractivity contribution >= 4 is 17.6 Å². The van der Waals surface area contributed by atoms with Gasteiger partial charge in [0.25, 0.3) is 0 Å².